The van der Waals surface area contributed by atoms with E-state index in [0.29, 0.717) is 19.1 Å². The van der Waals surface area contributed by atoms with Crippen molar-refractivity contribution in [3.05, 3.63) is 18.2 Å². The Bertz CT molecular complexity index is 437. The maximum absolute atomic E-state index is 11.4. The third kappa shape index (κ3) is 4.87. The number of nitrogens with zero attached hydrogens (tertiary/aromatic N) is 2. The van der Waals surface area contributed by atoms with E-state index in [0.717, 1.165) is 5.82 Å². The zero-order valence-electron chi connectivity index (χ0n) is 10.7. The smallest absolute Gasteiger partial charge is 0.151 e. The highest BCUT2D eigenvalue weighted by atomic mass is 32.2. The van der Waals surface area contributed by atoms with Crippen molar-refractivity contribution in [2.45, 2.75) is 39.9 Å². The van der Waals surface area contributed by atoms with Crippen LogP contribution in [0, 0.1) is 0 Å². The lowest BCUT2D eigenvalue weighted by atomic mass is 10.4. The van der Waals surface area contributed by atoms with Crippen LogP contribution >= 0.6 is 0 Å². The van der Waals surface area contributed by atoms with Crippen molar-refractivity contribution in [1.82, 2.24) is 14.9 Å². The SMILES string of the molecule is CCS(=O)(=O)CCn1ccnc1CNC(C)C. The Morgan fingerprint density at radius 3 is 2.76 bits per heavy atom. The van der Waals surface area contributed by atoms with Crippen LogP contribution in [0.4, 0.5) is 0 Å². The molecule has 0 radical (unpaired) electrons. The summed E-state index contributed by atoms with van der Waals surface area (Å²) < 4.78 is 24.7. The van der Waals surface area contributed by atoms with Gasteiger partial charge in [-0.15, -0.1) is 0 Å². The van der Waals surface area contributed by atoms with Crippen molar-refractivity contribution in [2.75, 3.05) is 11.5 Å². The van der Waals surface area contributed by atoms with Gasteiger partial charge in [-0.2, -0.15) is 0 Å². The van der Waals surface area contributed by atoms with Gasteiger partial charge in [0.1, 0.15) is 5.82 Å². The summed E-state index contributed by atoms with van der Waals surface area (Å²) in [5, 5.41) is 3.27. The zero-order valence-corrected chi connectivity index (χ0v) is 11.5. The van der Waals surface area contributed by atoms with Crippen molar-refractivity contribution in [3.8, 4) is 0 Å². The van der Waals surface area contributed by atoms with Crippen molar-refractivity contribution in [2.24, 2.45) is 0 Å². The summed E-state index contributed by atoms with van der Waals surface area (Å²) in [6.07, 6.45) is 3.53. The molecule has 0 atom stereocenters. The minimum atomic E-state index is -2.91. The van der Waals surface area contributed by atoms with Gasteiger partial charge in [0.25, 0.3) is 0 Å². The van der Waals surface area contributed by atoms with Gasteiger partial charge in [-0.1, -0.05) is 20.8 Å². The Hall–Kier alpha value is -0.880. The van der Waals surface area contributed by atoms with Crippen LogP contribution in [-0.2, 0) is 22.9 Å². The molecule has 0 aliphatic rings. The van der Waals surface area contributed by atoms with Crippen molar-refractivity contribution >= 4 is 9.84 Å². The number of sulfone groups is 1. The molecule has 5 nitrogen and oxygen atoms in total. The molecule has 1 aromatic heterocycles. The molecule has 1 heterocycles. The lowest BCUT2D eigenvalue weighted by Gasteiger charge is -2.10. The van der Waals surface area contributed by atoms with E-state index >= 15 is 0 Å². The number of aromatic nitrogens is 2. The molecular formula is C11H21N3O2S. The second-order valence-corrected chi connectivity index (χ2v) is 6.78. The van der Waals surface area contributed by atoms with Crippen LogP contribution < -0.4 is 5.32 Å². The van der Waals surface area contributed by atoms with Gasteiger partial charge in [0.2, 0.25) is 0 Å². The van der Waals surface area contributed by atoms with E-state index in [1.807, 2.05) is 10.8 Å². The molecule has 1 rings (SSSR count). The minimum Gasteiger partial charge on any atom is -0.333 e. The molecule has 0 aliphatic carbocycles. The van der Waals surface area contributed by atoms with Crippen molar-refractivity contribution < 1.29 is 8.42 Å². The summed E-state index contributed by atoms with van der Waals surface area (Å²) in [5.41, 5.74) is 0. The first-order valence-electron chi connectivity index (χ1n) is 5.88. The lowest BCUT2D eigenvalue weighted by molar-refractivity contribution is 0.547. The third-order valence-electron chi connectivity index (χ3n) is 2.55. The average molecular weight is 259 g/mol. The van der Waals surface area contributed by atoms with Crippen LogP contribution in [0.15, 0.2) is 12.4 Å². The quantitative estimate of drug-likeness (QED) is 0.787. The molecule has 0 fully saturated rings. The molecule has 17 heavy (non-hydrogen) atoms. The highest BCUT2D eigenvalue weighted by Crippen LogP contribution is 2.00. The first kappa shape index (κ1) is 14.2. The van der Waals surface area contributed by atoms with Crippen LogP contribution in [0.2, 0.25) is 0 Å². The van der Waals surface area contributed by atoms with E-state index in [1.54, 1.807) is 13.1 Å². The zero-order chi connectivity index (χ0) is 12.9. The van der Waals surface area contributed by atoms with Gasteiger partial charge < -0.3 is 9.88 Å². The molecule has 0 saturated heterocycles. The molecule has 0 aliphatic heterocycles. The Kier molecular flexibility index (Phi) is 5.14. The van der Waals surface area contributed by atoms with E-state index in [4.69, 9.17) is 0 Å². The van der Waals surface area contributed by atoms with Crippen LogP contribution in [-0.4, -0.2) is 35.5 Å². The fraction of sp³-hybridized carbons (Fsp3) is 0.727. The largest absolute Gasteiger partial charge is 0.333 e. The van der Waals surface area contributed by atoms with Gasteiger partial charge in [-0.25, -0.2) is 13.4 Å². The van der Waals surface area contributed by atoms with Crippen molar-refractivity contribution in [1.29, 1.82) is 0 Å². The van der Waals surface area contributed by atoms with E-state index in [-0.39, 0.29) is 11.5 Å². The fourth-order valence-corrected chi connectivity index (χ4v) is 2.15. The maximum atomic E-state index is 11.4. The summed E-state index contributed by atoms with van der Waals surface area (Å²) in [5.74, 6) is 1.25. The number of nitrogens with one attached hydrogen (secondary N) is 1. The molecule has 0 saturated carbocycles. The van der Waals surface area contributed by atoms with E-state index in [2.05, 4.69) is 24.1 Å². The van der Waals surface area contributed by atoms with Crippen LogP contribution in [0.3, 0.4) is 0 Å². The number of hydrogen-bond acceptors (Lipinski definition) is 4. The van der Waals surface area contributed by atoms with Gasteiger partial charge in [-0.05, 0) is 0 Å². The molecule has 6 heteroatoms. The second kappa shape index (κ2) is 6.16. The molecule has 0 spiro atoms. The standard InChI is InChI=1S/C11H21N3O2S/c1-4-17(15,16)8-7-14-6-5-12-11(14)9-13-10(2)3/h5-6,10,13H,4,7-9H2,1-3H3. The lowest BCUT2D eigenvalue weighted by Crippen LogP contribution is -2.25. The van der Waals surface area contributed by atoms with Crippen LogP contribution in [0.25, 0.3) is 0 Å². The number of hydrogen-bond donors (Lipinski definition) is 1. The molecular weight excluding hydrogens is 238 g/mol. The first-order valence-corrected chi connectivity index (χ1v) is 7.70. The molecule has 98 valence electrons. The maximum Gasteiger partial charge on any atom is 0.151 e. The monoisotopic (exact) mass is 259 g/mol. The van der Waals surface area contributed by atoms with E-state index in [1.165, 1.54) is 0 Å². The minimum absolute atomic E-state index is 0.175. The summed E-state index contributed by atoms with van der Waals surface area (Å²) in [4.78, 5) is 4.22. The topological polar surface area (TPSA) is 64.0 Å². The predicted octanol–water partition coefficient (Wildman–Crippen LogP) is 0.816. The molecule has 1 N–H and O–H groups in total. The van der Waals surface area contributed by atoms with Gasteiger partial charge in [0.05, 0.1) is 12.3 Å². The molecule has 0 amide bonds. The number of imidazole rings is 1. The van der Waals surface area contributed by atoms with E-state index < -0.39 is 9.84 Å². The summed E-state index contributed by atoms with van der Waals surface area (Å²) in [6, 6.07) is 0.388. The number of rotatable bonds is 7. The summed E-state index contributed by atoms with van der Waals surface area (Å²) >= 11 is 0. The van der Waals surface area contributed by atoms with Crippen LogP contribution in [0.1, 0.15) is 26.6 Å². The van der Waals surface area contributed by atoms with Gasteiger partial charge in [-0.3, -0.25) is 0 Å². The van der Waals surface area contributed by atoms with Gasteiger partial charge >= 0.3 is 0 Å². The third-order valence-corrected chi connectivity index (χ3v) is 4.24. The first-order chi connectivity index (χ1) is 7.94. The molecule has 0 unspecified atom stereocenters. The van der Waals surface area contributed by atoms with Crippen LogP contribution in [0.5, 0.6) is 0 Å². The van der Waals surface area contributed by atoms with Gasteiger partial charge in [0.15, 0.2) is 9.84 Å². The Balaban J connectivity index is 2.57. The summed E-state index contributed by atoms with van der Waals surface area (Å²) in [7, 11) is -2.91. The molecule has 1 aromatic rings. The fourth-order valence-electron chi connectivity index (χ4n) is 1.39. The van der Waals surface area contributed by atoms with E-state index in [9.17, 15) is 8.42 Å². The Morgan fingerprint density at radius 2 is 2.18 bits per heavy atom. The second-order valence-electron chi connectivity index (χ2n) is 4.31. The van der Waals surface area contributed by atoms with Crippen molar-refractivity contribution in [3.63, 3.8) is 0 Å². The summed E-state index contributed by atoms with van der Waals surface area (Å²) in [6.45, 7) is 6.94. The molecule has 0 aromatic carbocycles. The highest BCUT2D eigenvalue weighted by Gasteiger charge is 2.09. The normalized spacial score (nSPS) is 12.2. The highest BCUT2D eigenvalue weighted by molar-refractivity contribution is 7.91. The van der Waals surface area contributed by atoms with Gasteiger partial charge in [0, 0.05) is 30.7 Å². The number of aryl methyl sites for hydroxylation is 1. The Labute approximate surface area is 103 Å². The average Bonchev–Trinajstić information content (AvgIpc) is 2.71. The Morgan fingerprint density at radius 1 is 1.47 bits per heavy atom. The predicted molar refractivity (Wildman–Crippen MR) is 68.5 cm³/mol. The molecule has 0 bridgehead atoms.